The van der Waals surface area contributed by atoms with Gasteiger partial charge in [0.25, 0.3) is 0 Å². The molecule has 0 aliphatic carbocycles. The van der Waals surface area contributed by atoms with Crippen molar-refractivity contribution in [3.63, 3.8) is 0 Å². The van der Waals surface area contributed by atoms with Crippen molar-refractivity contribution in [1.29, 1.82) is 0 Å². The monoisotopic (exact) mass is 302 g/mol. The first-order valence-corrected chi connectivity index (χ1v) is 5.38. The fourth-order valence-corrected chi connectivity index (χ4v) is 1.40. The first-order valence-electron chi connectivity index (χ1n) is 4.30. The average Bonchev–Trinajstić information content (AvgIpc) is 2.18. The third-order valence-electron chi connectivity index (χ3n) is 1.58. The van der Waals surface area contributed by atoms with E-state index in [0.717, 1.165) is 3.57 Å². The smallest absolute Gasteiger partial charge is 0.315 e. The fourth-order valence-electron chi connectivity index (χ4n) is 0.906. The lowest BCUT2D eigenvalue weighted by molar-refractivity contribution is -0.133. The first-order chi connectivity index (χ1) is 6.74. The van der Waals surface area contributed by atoms with Gasteiger partial charge in [0.15, 0.2) is 0 Å². The number of para-hydroxylation sites is 1. The maximum absolute atomic E-state index is 11.2. The second-order valence-electron chi connectivity index (χ2n) is 2.68. The molecule has 0 spiro atoms. The molecule has 3 heteroatoms. The van der Waals surface area contributed by atoms with E-state index in [1.807, 2.05) is 31.2 Å². The van der Waals surface area contributed by atoms with E-state index < -0.39 is 0 Å². The van der Waals surface area contributed by atoms with E-state index >= 15 is 0 Å². The summed E-state index contributed by atoms with van der Waals surface area (Å²) >= 11 is 2.14. The average molecular weight is 302 g/mol. The predicted octanol–water partition coefficient (Wildman–Crippen LogP) is 3.16. The molecule has 0 atom stereocenters. The van der Waals surface area contributed by atoms with E-state index in [1.165, 1.54) is 0 Å². The van der Waals surface area contributed by atoms with Crippen molar-refractivity contribution in [3.8, 4) is 5.75 Å². The summed E-state index contributed by atoms with van der Waals surface area (Å²) in [5.41, 5.74) is 0. The van der Waals surface area contributed by atoms with Gasteiger partial charge in [0, 0.05) is 0 Å². The minimum absolute atomic E-state index is 0.229. The molecule has 0 bridgehead atoms. The molecule has 0 radical (unpaired) electrons. The van der Waals surface area contributed by atoms with Crippen molar-refractivity contribution in [1.82, 2.24) is 0 Å². The summed E-state index contributed by atoms with van der Waals surface area (Å²) in [6.07, 6.45) is 3.93. The second-order valence-corrected chi connectivity index (χ2v) is 3.84. The van der Waals surface area contributed by atoms with Crippen molar-refractivity contribution < 1.29 is 9.53 Å². The molecule has 1 aromatic carbocycles. The highest BCUT2D eigenvalue weighted by Gasteiger charge is 2.04. The molecule has 0 saturated carbocycles. The van der Waals surface area contributed by atoms with E-state index in [2.05, 4.69) is 22.6 Å². The van der Waals surface area contributed by atoms with Crippen LogP contribution in [0.3, 0.4) is 0 Å². The molecular weight excluding hydrogens is 291 g/mol. The lowest BCUT2D eigenvalue weighted by atomic mass is 10.3. The summed E-state index contributed by atoms with van der Waals surface area (Å²) in [6.45, 7) is 1.87. The summed E-state index contributed by atoms with van der Waals surface area (Å²) in [6, 6.07) is 7.44. The van der Waals surface area contributed by atoms with E-state index in [4.69, 9.17) is 4.74 Å². The number of carbonyl (C=O) groups excluding carboxylic acids is 1. The van der Waals surface area contributed by atoms with Crippen LogP contribution < -0.4 is 4.74 Å². The third kappa shape index (κ3) is 3.49. The van der Waals surface area contributed by atoms with E-state index in [-0.39, 0.29) is 5.97 Å². The Morgan fingerprint density at radius 2 is 2.21 bits per heavy atom. The highest BCUT2D eigenvalue weighted by Crippen LogP contribution is 2.19. The quantitative estimate of drug-likeness (QED) is 0.371. The Balaban J connectivity index is 2.60. The van der Waals surface area contributed by atoms with Crippen LogP contribution in [-0.2, 0) is 4.79 Å². The number of halogens is 1. The van der Waals surface area contributed by atoms with Gasteiger partial charge in [-0.2, -0.15) is 0 Å². The zero-order valence-electron chi connectivity index (χ0n) is 7.87. The number of rotatable bonds is 3. The molecule has 0 aliphatic heterocycles. The van der Waals surface area contributed by atoms with E-state index in [0.29, 0.717) is 12.2 Å². The van der Waals surface area contributed by atoms with Crippen molar-refractivity contribution >= 4 is 28.6 Å². The normalized spacial score (nSPS) is 10.4. The fraction of sp³-hybridized carbons (Fsp3) is 0.182. The van der Waals surface area contributed by atoms with Gasteiger partial charge in [-0.3, -0.25) is 4.79 Å². The maximum atomic E-state index is 11.2. The Labute approximate surface area is 97.1 Å². The molecule has 0 aromatic heterocycles. The van der Waals surface area contributed by atoms with Crippen molar-refractivity contribution in [3.05, 3.63) is 40.0 Å². The van der Waals surface area contributed by atoms with Crippen molar-refractivity contribution in [2.45, 2.75) is 13.3 Å². The van der Waals surface area contributed by atoms with Crippen molar-refractivity contribution in [2.75, 3.05) is 0 Å². The molecule has 0 unspecified atom stereocenters. The zero-order chi connectivity index (χ0) is 10.4. The Morgan fingerprint density at radius 3 is 2.86 bits per heavy atom. The van der Waals surface area contributed by atoms with Gasteiger partial charge in [0.1, 0.15) is 5.75 Å². The van der Waals surface area contributed by atoms with E-state index in [1.54, 1.807) is 12.1 Å². The SMILES string of the molecule is C/C=C/CC(=O)Oc1ccccc1I. The summed E-state index contributed by atoms with van der Waals surface area (Å²) in [4.78, 5) is 11.2. The van der Waals surface area contributed by atoms with Crippen LogP contribution in [0.15, 0.2) is 36.4 Å². The Bertz CT molecular complexity index is 345. The Morgan fingerprint density at radius 1 is 1.50 bits per heavy atom. The van der Waals surface area contributed by atoms with Gasteiger partial charge in [-0.1, -0.05) is 24.3 Å². The molecular formula is C11H11IO2. The van der Waals surface area contributed by atoms with Crippen LogP contribution in [0.4, 0.5) is 0 Å². The number of ether oxygens (including phenoxy) is 1. The molecule has 1 rings (SSSR count). The van der Waals surface area contributed by atoms with Crippen molar-refractivity contribution in [2.24, 2.45) is 0 Å². The standard InChI is InChI=1S/C11H11IO2/c1-2-3-8-11(13)14-10-7-5-4-6-9(10)12/h2-7H,8H2,1H3/b3-2+. The highest BCUT2D eigenvalue weighted by molar-refractivity contribution is 14.1. The molecule has 14 heavy (non-hydrogen) atoms. The van der Waals surface area contributed by atoms with Gasteiger partial charge in [-0.05, 0) is 41.6 Å². The number of hydrogen-bond donors (Lipinski definition) is 0. The lowest BCUT2D eigenvalue weighted by Crippen LogP contribution is -2.06. The maximum Gasteiger partial charge on any atom is 0.315 e. The van der Waals surface area contributed by atoms with Crippen LogP contribution in [0.25, 0.3) is 0 Å². The Kier molecular flexibility index (Phi) is 4.65. The number of hydrogen-bond acceptors (Lipinski definition) is 2. The van der Waals surface area contributed by atoms with Crippen LogP contribution >= 0.6 is 22.6 Å². The first kappa shape index (κ1) is 11.2. The molecule has 0 aliphatic rings. The third-order valence-corrected chi connectivity index (χ3v) is 2.47. The van der Waals surface area contributed by atoms with Crippen LogP contribution in [0, 0.1) is 3.57 Å². The largest absolute Gasteiger partial charge is 0.425 e. The molecule has 0 heterocycles. The zero-order valence-corrected chi connectivity index (χ0v) is 10.0. The van der Waals surface area contributed by atoms with Crippen LogP contribution in [-0.4, -0.2) is 5.97 Å². The topological polar surface area (TPSA) is 26.3 Å². The molecule has 74 valence electrons. The van der Waals surface area contributed by atoms with Gasteiger partial charge < -0.3 is 4.74 Å². The summed E-state index contributed by atoms with van der Waals surface area (Å²) < 4.78 is 6.09. The van der Waals surface area contributed by atoms with Crippen LogP contribution in [0.5, 0.6) is 5.75 Å². The van der Waals surface area contributed by atoms with Gasteiger partial charge >= 0.3 is 5.97 Å². The minimum atomic E-state index is -0.229. The molecule has 2 nitrogen and oxygen atoms in total. The van der Waals surface area contributed by atoms with Crippen LogP contribution in [0.2, 0.25) is 0 Å². The number of benzene rings is 1. The minimum Gasteiger partial charge on any atom is -0.425 e. The Hall–Kier alpha value is -0.840. The molecule has 0 fully saturated rings. The lowest BCUT2D eigenvalue weighted by Gasteiger charge is -2.03. The van der Waals surface area contributed by atoms with Gasteiger partial charge in [-0.25, -0.2) is 0 Å². The second kappa shape index (κ2) is 5.80. The molecule has 1 aromatic rings. The van der Waals surface area contributed by atoms with Gasteiger partial charge in [0.2, 0.25) is 0 Å². The molecule has 0 saturated heterocycles. The number of allylic oxidation sites excluding steroid dienone is 1. The molecule has 0 amide bonds. The number of esters is 1. The van der Waals surface area contributed by atoms with E-state index in [9.17, 15) is 4.79 Å². The molecule has 0 N–H and O–H groups in total. The van der Waals surface area contributed by atoms with Gasteiger partial charge in [0.05, 0.1) is 9.99 Å². The van der Waals surface area contributed by atoms with Crippen LogP contribution in [0.1, 0.15) is 13.3 Å². The summed E-state index contributed by atoms with van der Waals surface area (Å²) in [5.74, 6) is 0.398. The summed E-state index contributed by atoms with van der Waals surface area (Å²) in [5, 5.41) is 0. The highest BCUT2D eigenvalue weighted by atomic mass is 127. The summed E-state index contributed by atoms with van der Waals surface area (Å²) in [7, 11) is 0. The predicted molar refractivity (Wildman–Crippen MR) is 64.2 cm³/mol. The van der Waals surface area contributed by atoms with Gasteiger partial charge in [-0.15, -0.1) is 0 Å². The number of carbonyl (C=O) groups is 1.